The largest absolute Gasteiger partial charge is 0.491 e. The van der Waals surface area contributed by atoms with Gasteiger partial charge in [0.05, 0.1) is 17.3 Å². The van der Waals surface area contributed by atoms with E-state index in [9.17, 15) is 13.6 Å². The molecule has 2 aromatic rings. The van der Waals surface area contributed by atoms with Crippen molar-refractivity contribution in [3.63, 3.8) is 0 Å². The second-order valence-electron chi connectivity index (χ2n) is 3.91. The van der Waals surface area contributed by atoms with Gasteiger partial charge in [-0.1, -0.05) is 0 Å². The smallest absolute Gasteiger partial charge is 0.356 e. The maximum Gasteiger partial charge on any atom is 0.356 e. The van der Waals surface area contributed by atoms with Crippen molar-refractivity contribution in [1.82, 2.24) is 9.78 Å². The molecule has 0 atom stereocenters. The molecule has 8 heteroatoms. The fraction of sp³-hybridized carbons (Fsp3) is 0.167. The molecule has 0 saturated carbocycles. The van der Waals surface area contributed by atoms with Crippen LogP contribution < -0.4 is 4.74 Å². The Morgan fingerprint density at radius 1 is 1.40 bits per heavy atom. The van der Waals surface area contributed by atoms with Gasteiger partial charge in [-0.15, -0.1) is 0 Å². The van der Waals surface area contributed by atoms with Crippen molar-refractivity contribution in [3.05, 3.63) is 33.9 Å². The van der Waals surface area contributed by atoms with Gasteiger partial charge in [-0.25, -0.2) is 13.6 Å². The van der Waals surface area contributed by atoms with Crippen molar-refractivity contribution < 1.29 is 23.4 Å². The Labute approximate surface area is 120 Å². The molecule has 2 rings (SSSR count). The van der Waals surface area contributed by atoms with Crippen LogP contribution in [0.4, 0.5) is 8.78 Å². The number of ether oxygens (including phenoxy) is 1. The van der Waals surface area contributed by atoms with E-state index in [-0.39, 0.29) is 21.4 Å². The molecule has 0 spiro atoms. The van der Waals surface area contributed by atoms with E-state index in [1.807, 2.05) is 0 Å². The number of aromatic nitrogens is 2. The molecule has 0 aliphatic heterocycles. The van der Waals surface area contributed by atoms with Crippen LogP contribution in [0, 0.1) is 11.6 Å². The molecular weight excluding hydrogens is 338 g/mol. The van der Waals surface area contributed by atoms with Crippen LogP contribution in [-0.2, 0) is 7.05 Å². The molecule has 0 bridgehead atoms. The Hall–Kier alpha value is -1.96. The van der Waals surface area contributed by atoms with Gasteiger partial charge < -0.3 is 9.84 Å². The number of hydrogen-bond acceptors (Lipinski definition) is 3. The number of carboxylic acids is 1. The van der Waals surface area contributed by atoms with Gasteiger partial charge in [-0.2, -0.15) is 5.10 Å². The standard InChI is InChI=1S/C12H9BrF2N2O3/c1-17-8(4-7(16-17)12(18)19)5-3-6(13)10(15)11(20-2)9(5)14/h3-4H,1-2H3,(H,18,19). The van der Waals surface area contributed by atoms with Crippen LogP contribution in [0.3, 0.4) is 0 Å². The van der Waals surface area contributed by atoms with Crippen LogP contribution in [0.5, 0.6) is 5.75 Å². The van der Waals surface area contributed by atoms with Crippen molar-refractivity contribution in [3.8, 4) is 17.0 Å². The van der Waals surface area contributed by atoms with Crippen molar-refractivity contribution in [1.29, 1.82) is 0 Å². The average Bonchev–Trinajstić information content (AvgIpc) is 2.77. The highest BCUT2D eigenvalue weighted by molar-refractivity contribution is 9.10. The van der Waals surface area contributed by atoms with E-state index in [2.05, 4.69) is 25.8 Å². The molecule has 1 aromatic carbocycles. The first-order chi connectivity index (χ1) is 9.36. The van der Waals surface area contributed by atoms with Crippen LogP contribution in [0.1, 0.15) is 10.5 Å². The molecule has 1 N–H and O–H groups in total. The summed E-state index contributed by atoms with van der Waals surface area (Å²) in [5.41, 5.74) is -0.0576. The van der Waals surface area contributed by atoms with Gasteiger partial charge in [-0.05, 0) is 28.1 Å². The number of benzene rings is 1. The van der Waals surface area contributed by atoms with E-state index < -0.39 is 23.4 Å². The predicted octanol–water partition coefficient (Wildman–Crippen LogP) is 2.83. The van der Waals surface area contributed by atoms with Crippen LogP contribution in [0.15, 0.2) is 16.6 Å². The van der Waals surface area contributed by atoms with Crippen LogP contribution in [-0.4, -0.2) is 28.0 Å². The SMILES string of the molecule is COc1c(F)c(Br)cc(-c2cc(C(=O)O)nn2C)c1F. The Balaban J connectivity index is 2.70. The number of nitrogens with zero attached hydrogens (tertiary/aromatic N) is 2. The van der Waals surface area contributed by atoms with Gasteiger partial charge in [0.15, 0.2) is 23.1 Å². The second kappa shape index (κ2) is 5.20. The maximum absolute atomic E-state index is 14.2. The number of rotatable bonds is 3. The molecule has 0 saturated heterocycles. The minimum Gasteiger partial charge on any atom is -0.491 e. The van der Waals surface area contributed by atoms with Gasteiger partial charge in [0.1, 0.15) is 0 Å². The van der Waals surface area contributed by atoms with E-state index in [0.717, 1.165) is 7.11 Å². The third kappa shape index (κ3) is 2.26. The van der Waals surface area contributed by atoms with E-state index in [0.29, 0.717) is 0 Å². The van der Waals surface area contributed by atoms with Crippen molar-refractivity contribution in [2.45, 2.75) is 0 Å². The maximum atomic E-state index is 14.2. The lowest BCUT2D eigenvalue weighted by molar-refractivity contribution is 0.0689. The molecule has 1 aromatic heterocycles. The van der Waals surface area contributed by atoms with Gasteiger partial charge in [-0.3, -0.25) is 4.68 Å². The molecule has 0 amide bonds. The summed E-state index contributed by atoms with van der Waals surface area (Å²) in [5.74, 6) is -3.57. The summed E-state index contributed by atoms with van der Waals surface area (Å²) in [5, 5.41) is 12.6. The van der Waals surface area contributed by atoms with Gasteiger partial charge in [0.2, 0.25) is 0 Å². The van der Waals surface area contributed by atoms with Gasteiger partial charge in [0.25, 0.3) is 0 Å². The molecule has 0 radical (unpaired) electrons. The molecule has 0 fully saturated rings. The lowest BCUT2D eigenvalue weighted by Crippen LogP contribution is -2.01. The molecule has 1 heterocycles. The summed E-state index contributed by atoms with van der Waals surface area (Å²) >= 11 is 2.96. The fourth-order valence-corrected chi connectivity index (χ4v) is 2.18. The number of hydrogen-bond donors (Lipinski definition) is 1. The number of carboxylic acid groups (broad SMARTS) is 1. The van der Waals surface area contributed by atoms with Gasteiger partial charge in [0, 0.05) is 12.6 Å². The zero-order valence-electron chi connectivity index (χ0n) is 10.4. The highest BCUT2D eigenvalue weighted by atomic mass is 79.9. The number of aromatic carboxylic acids is 1. The highest BCUT2D eigenvalue weighted by Crippen LogP contribution is 2.36. The van der Waals surface area contributed by atoms with Crippen molar-refractivity contribution in [2.75, 3.05) is 7.11 Å². The van der Waals surface area contributed by atoms with E-state index in [4.69, 9.17) is 5.11 Å². The molecule has 0 aliphatic rings. The van der Waals surface area contributed by atoms with Crippen LogP contribution in [0.25, 0.3) is 11.3 Å². The first-order valence-corrected chi connectivity index (χ1v) is 6.15. The summed E-state index contributed by atoms with van der Waals surface area (Å²) < 4.78 is 33.8. The monoisotopic (exact) mass is 346 g/mol. The van der Waals surface area contributed by atoms with Gasteiger partial charge >= 0.3 is 5.97 Å². The quantitative estimate of drug-likeness (QED) is 0.868. The Morgan fingerprint density at radius 2 is 2.05 bits per heavy atom. The molecule has 0 aliphatic carbocycles. The Bertz CT molecular complexity index is 700. The molecule has 0 unspecified atom stereocenters. The summed E-state index contributed by atoms with van der Waals surface area (Å²) in [6.45, 7) is 0. The van der Waals surface area contributed by atoms with E-state index in [1.165, 1.54) is 23.9 Å². The predicted molar refractivity (Wildman–Crippen MR) is 69.8 cm³/mol. The second-order valence-corrected chi connectivity index (χ2v) is 4.77. The minimum atomic E-state index is -1.24. The molecule has 106 valence electrons. The molecular formula is C12H9BrF2N2O3. The minimum absolute atomic E-state index is 0.00354. The molecule has 20 heavy (non-hydrogen) atoms. The Morgan fingerprint density at radius 3 is 2.55 bits per heavy atom. The topological polar surface area (TPSA) is 64.3 Å². The first-order valence-electron chi connectivity index (χ1n) is 5.36. The van der Waals surface area contributed by atoms with E-state index in [1.54, 1.807) is 0 Å². The number of halogens is 3. The lowest BCUT2D eigenvalue weighted by Gasteiger charge is -2.10. The van der Waals surface area contributed by atoms with E-state index >= 15 is 0 Å². The summed E-state index contributed by atoms with van der Waals surface area (Å²) in [6.07, 6.45) is 0. The normalized spacial score (nSPS) is 10.7. The number of aryl methyl sites for hydroxylation is 1. The lowest BCUT2D eigenvalue weighted by atomic mass is 10.1. The zero-order valence-corrected chi connectivity index (χ0v) is 12.0. The Kier molecular flexibility index (Phi) is 3.76. The zero-order chi connectivity index (χ0) is 15.0. The summed E-state index contributed by atoms with van der Waals surface area (Å²) in [7, 11) is 2.61. The third-order valence-electron chi connectivity index (χ3n) is 2.69. The number of methoxy groups -OCH3 is 1. The summed E-state index contributed by atoms with van der Waals surface area (Å²) in [6, 6.07) is 2.40. The van der Waals surface area contributed by atoms with Crippen molar-refractivity contribution >= 4 is 21.9 Å². The highest BCUT2D eigenvalue weighted by Gasteiger charge is 2.22. The average molecular weight is 347 g/mol. The number of carbonyl (C=O) groups is 1. The van der Waals surface area contributed by atoms with Crippen LogP contribution in [0.2, 0.25) is 0 Å². The fourth-order valence-electron chi connectivity index (χ4n) is 1.77. The summed E-state index contributed by atoms with van der Waals surface area (Å²) in [4.78, 5) is 10.9. The first kappa shape index (κ1) is 14.4. The third-order valence-corrected chi connectivity index (χ3v) is 3.27. The van der Waals surface area contributed by atoms with Crippen molar-refractivity contribution in [2.24, 2.45) is 7.05 Å². The molecule has 5 nitrogen and oxygen atoms in total. The van der Waals surface area contributed by atoms with Crippen LogP contribution >= 0.6 is 15.9 Å².